The lowest BCUT2D eigenvalue weighted by molar-refractivity contribution is 0.416. The zero-order valence-corrected chi connectivity index (χ0v) is 13.0. The number of methoxy groups -OCH3 is 1. The van der Waals surface area contributed by atoms with Crippen molar-refractivity contribution < 1.29 is 4.74 Å². The summed E-state index contributed by atoms with van der Waals surface area (Å²) in [4.78, 5) is 12.0. The number of azo groups is 1. The number of nitrogens with zero attached hydrogens (tertiary/aromatic N) is 2. The van der Waals surface area contributed by atoms with Crippen molar-refractivity contribution in [3.63, 3.8) is 0 Å². The van der Waals surface area contributed by atoms with Gasteiger partial charge in [0.05, 0.1) is 12.8 Å². The number of ether oxygens (including phenoxy) is 1. The van der Waals surface area contributed by atoms with Crippen LogP contribution in [-0.4, -0.2) is 17.3 Å². The van der Waals surface area contributed by atoms with Crippen LogP contribution < -0.4 is 10.3 Å². The van der Waals surface area contributed by atoms with Gasteiger partial charge in [0.15, 0.2) is 5.69 Å². The van der Waals surface area contributed by atoms with Crippen LogP contribution in [0.4, 0.5) is 11.4 Å². The Bertz CT molecular complexity index is 897. The van der Waals surface area contributed by atoms with Gasteiger partial charge in [0.2, 0.25) is 0 Å². The van der Waals surface area contributed by atoms with E-state index < -0.39 is 0 Å². The van der Waals surface area contributed by atoms with Crippen molar-refractivity contribution in [3.05, 3.63) is 63.9 Å². The van der Waals surface area contributed by atoms with Crippen molar-refractivity contribution in [2.75, 3.05) is 7.11 Å². The number of hydrogen-bond donors (Lipinski definition) is 2. The average molecular weight is 329 g/mol. The average Bonchev–Trinajstić information content (AvgIpc) is 2.94. The van der Waals surface area contributed by atoms with Crippen LogP contribution in [0, 0.1) is 0 Å². The number of benzene rings is 2. The molecule has 3 rings (SSSR count). The van der Waals surface area contributed by atoms with Crippen LogP contribution in [0.2, 0.25) is 5.02 Å². The van der Waals surface area contributed by atoms with Crippen LogP contribution in [-0.2, 0) is 0 Å². The molecule has 0 saturated carbocycles. The third kappa shape index (κ3) is 3.17. The molecule has 2 N–H and O–H groups in total. The number of hydrogen-bond acceptors (Lipinski definition) is 4. The predicted octanol–water partition coefficient (Wildman–Crippen LogP) is 4.45. The molecule has 0 aliphatic rings. The standard InChI is InChI=1S/C16H13ClN4O2/c1-23-13-5-3-2-4-12(13)18-20-15-14(19-21-16(15)22)10-6-8-11(17)9-7-10/h2-9H,1H3,(H2,19,21,22). The second kappa shape index (κ2) is 6.50. The first-order valence-electron chi connectivity index (χ1n) is 6.80. The van der Waals surface area contributed by atoms with E-state index in [2.05, 4.69) is 20.4 Å². The van der Waals surface area contributed by atoms with Gasteiger partial charge in [0, 0.05) is 10.6 Å². The van der Waals surface area contributed by atoms with Gasteiger partial charge in [0.25, 0.3) is 5.56 Å². The van der Waals surface area contributed by atoms with E-state index in [-0.39, 0.29) is 11.2 Å². The van der Waals surface area contributed by atoms with Crippen LogP contribution in [0.15, 0.2) is 63.6 Å². The van der Waals surface area contributed by atoms with Gasteiger partial charge < -0.3 is 4.74 Å². The van der Waals surface area contributed by atoms with Crippen LogP contribution in [0.1, 0.15) is 0 Å². The molecular formula is C16H13ClN4O2. The molecule has 1 aromatic heterocycles. The number of nitrogens with one attached hydrogen (secondary N) is 2. The van der Waals surface area contributed by atoms with Crippen molar-refractivity contribution in [1.29, 1.82) is 0 Å². The lowest BCUT2D eigenvalue weighted by atomic mass is 10.1. The number of aromatic amines is 2. The molecule has 0 unspecified atom stereocenters. The van der Waals surface area contributed by atoms with Gasteiger partial charge in [-0.05, 0) is 24.3 Å². The topological polar surface area (TPSA) is 82.6 Å². The number of halogens is 1. The minimum absolute atomic E-state index is 0.193. The summed E-state index contributed by atoms with van der Waals surface area (Å²) in [5.41, 5.74) is 1.71. The highest BCUT2D eigenvalue weighted by Crippen LogP contribution is 2.30. The first-order valence-corrected chi connectivity index (χ1v) is 7.18. The summed E-state index contributed by atoms with van der Waals surface area (Å²) in [5.74, 6) is 0.580. The van der Waals surface area contributed by atoms with Crippen LogP contribution >= 0.6 is 11.6 Å². The smallest absolute Gasteiger partial charge is 0.292 e. The third-order valence-electron chi connectivity index (χ3n) is 3.23. The quantitative estimate of drug-likeness (QED) is 0.694. The van der Waals surface area contributed by atoms with Crippen LogP contribution in [0.3, 0.4) is 0 Å². The second-order valence-electron chi connectivity index (χ2n) is 4.68. The Balaban J connectivity index is 2.01. The third-order valence-corrected chi connectivity index (χ3v) is 3.48. The van der Waals surface area contributed by atoms with Crippen molar-refractivity contribution in [3.8, 4) is 17.0 Å². The minimum Gasteiger partial charge on any atom is -0.494 e. The molecule has 0 saturated heterocycles. The Labute approximate surface area is 136 Å². The van der Waals surface area contributed by atoms with Gasteiger partial charge in [-0.15, -0.1) is 10.2 Å². The van der Waals surface area contributed by atoms with Gasteiger partial charge in [-0.3, -0.25) is 15.0 Å². The monoisotopic (exact) mass is 328 g/mol. The van der Waals surface area contributed by atoms with Crippen LogP contribution in [0.25, 0.3) is 11.3 Å². The van der Waals surface area contributed by atoms with Crippen molar-refractivity contribution in [1.82, 2.24) is 10.2 Å². The Kier molecular flexibility index (Phi) is 4.25. The lowest BCUT2D eigenvalue weighted by Gasteiger charge is -2.02. The molecule has 116 valence electrons. The van der Waals surface area contributed by atoms with Crippen molar-refractivity contribution in [2.45, 2.75) is 0 Å². The van der Waals surface area contributed by atoms with E-state index >= 15 is 0 Å². The molecule has 23 heavy (non-hydrogen) atoms. The highest BCUT2D eigenvalue weighted by atomic mass is 35.5. The van der Waals surface area contributed by atoms with E-state index in [4.69, 9.17) is 16.3 Å². The van der Waals surface area contributed by atoms with Crippen molar-refractivity contribution >= 4 is 23.0 Å². The molecule has 0 aliphatic carbocycles. The largest absolute Gasteiger partial charge is 0.494 e. The summed E-state index contributed by atoms with van der Waals surface area (Å²) in [6.07, 6.45) is 0. The normalized spacial score (nSPS) is 11.0. The van der Waals surface area contributed by atoms with Gasteiger partial charge in [0.1, 0.15) is 11.4 Å². The van der Waals surface area contributed by atoms with Crippen molar-refractivity contribution in [2.24, 2.45) is 10.2 Å². The molecule has 7 heteroatoms. The lowest BCUT2D eigenvalue weighted by Crippen LogP contribution is -1.96. The van der Waals surface area contributed by atoms with E-state index in [9.17, 15) is 4.79 Å². The number of rotatable bonds is 4. The second-order valence-corrected chi connectivity index (χ2v) is 5.12. The van der Waals surface area contributed by atoms with E-state index in [1.54, 1.807) is 43.5 Å². The number of H-pyrrole nitrogens is 2. The van der Waals surface area contributed by atoms with Gasteiger partial charge in [-0.2, -0.15) is 0 Å². The van der Waals surface area contributed by atoms with Gasteiger partial charge in [-0.1, -0.05) is 35.9 Å². The molecule has 0 bridgehead atoms. The summed E-state index contributed by atoms with van der Waals surface area (Å²) < 4.78 is 5.21. The number of para-hydroxylation sites is 1. The first kappa shape index (κ1) is 15.1. The molecule has 0 atom stereocenters. The molecule has 0 radical (unpaired) electrons. The molecule has 0 amide bonds. The van der Waals surface area contributed by atoms with E-state index in [1.165, 1.54) is 0 Å². The molecule has 2 aromatic carbocycles. The Morgan fingerprint density at radius 1 is 1.00 bits per heavy atom. The Morgan fingerprint density at radius 2 is 1.74 bits per heavy atom. The molecular weight excluding hydrogens is 316 g/mol. The summed E-state index contributed by atoms with van der Waals surface area (Å²) >= 11 is 5.88. The minimum atomic E-state index is -0.353. The summed E-state index contributed by atoms with van der Waals surface area (Å²) in [6.45, 7) is 0. The molecule has 6 nitrogen and oxygen atoms in total. The Morgan fingerprint density at radius 3 is 2.48 bits per heavy atom. The summed E-state index contributed by atoms with van der Waals surface area (Å²) in [6, 6.07) is 14.2. The van der Waals surface area contributed by atoms with E-state index in [0.717, 1.165) is 5.56 Å². The van der Waals surface area contributed by atoms with Crippen LogP contribution in [0.5, 0.6) is 5.75 Å². The fourth-order valence-electron chi connectivity index (χ4n) is 2.09. The maximum absolute atomic E-state index is 12.0. The molecule has 1 heterocycles. The maximum atomic E-state index is 12.0. The fourth-order valence-corrected chi connectivity index (χ4v) is 2.21. The van der Waals surface area contributed by atoms with Gasteiger partial charge in [-0.25, -0.2) is 0 Å². The first-order chi connectivity index (χ1) is 11.2. The molecule has 3 aromatic rings. The van der Waals surface area contributed by atoms with E-state index in [0.29, 0.717) is 22.2 Å². The summed E-state index contributed by atoms with van der Waals surface area (Å²) in [5, 5.41) is 14.1. The zero-order valence-electron chi connectivity index (χ0n) is 12.2. The number of aromatic nitrogens is 2. The summed E-state index contributed by atoms with van der Waals surface area (Å²) in [7, 11) is 1.55. The zero-order chi connectivity index (χ0) is 16.2. The predicted molar refractivity (Wildman–Crippen MR) is 89.0 cm³/mol. The van der Waals surface area contributed by atoms with E-state index in [1.807, 2.05) is 12.1 Å². The maximum Gasteiger partial charge on any atom is 0.292 e. The highest BCUT2D eigenvalue weighted by Gasteiger charge is 2.12. The molecule has 0 aliphatic heterocycles. The fraction of sp³-hybridized carbons (Fsp3) is 0.0625. The highest BCUT2D eigenvalue weighted by molar-refractivity contribution is 6.30. The SMILES string of the molecule is COc1ccccc1N=Nc1c(-c2ccc(Cl)cc2)[nH][nH]c1=O. The van der Waals surface area contributed by atoms with Gasteiger partial charge >= 0.3 is 0 Å². The molecule has 0 spiro atoms. The Hall–Kier alpha value is -2.86. The molecule has 0 fully saturated rings.